The second kappa shape index (κ2) is 12.3. The van der Waals surface area contributed by atoms with Gasteiger partial charge in [0.15, 0.2) is 0 Å². The number of hydrogen-bond donors (Lipinski definition) is 0. The van der Waals surface area contributed by atoms with E-state index in [1.54, 1.807) is 11.3 Å². The lowest BCUT2D eigenvalue weighted by Gasteiger charge is -2.26. The molecule has 3 heterocycles. The van der Waals surface area contributed by atoms with Crippen LogP contribution in [0.2, 0.25) is 0 Å². The minimum atomic E-state index is 0.853. The summed E-state index contributed by atoms with van der Waals surface area (Å²) in [5, 5.41) is 5.36. The topological polar surface area (TPSA) is 42.4 Å². The monoisotopic (exact) mass is 710 g/mol. The van der Waals surface area contributed by atoms with Crippen molar-refractivity contribution >= 4 is 82.5 Å². The number of thiazole rings is 1. The Balaban J connectivity index is 0.983. The Kier molecular flexibility index (Phi) is 7.00. The van der Waals surface area contributed by atoms with Crippen LogP contribution in [0.25, 0.3) is 86.9 Å². The summed E-state index contributed by atoms with van der Waals surface area (Å²) in [6.07, 6.45) is 0. The molecule has 54 heavy (non-hydrogen) atoms. The second-order valence-electron chi connectivity index (χ2n) is 13.6. The first kappa shape index (κ1) is 30.7. The average molecular weight is 711 g/mol. The number of rotatable bonds is 6. The van der Waals surface area contributed by atoms with Crippen molar-refractivity contribution < 1.29 is 8.83 Å². The third kappa shape index (κ3) is 5.09. The van der Waals surface area contributed by atoms with E-state index in [2.05, 4.69) is 169 Å². The standard InChI is InChI=1S/C49H30N2O2S/c1-3-9-31(10-4-1)32-15-20-36(21-16-32)51(38-24-26-43-41(30-38)39-13-7-8-14-42(39)52-43)37-22-17-33(18-23-37)35-19-25-40-45(29-35)53-44-27-28-46-48(47(40)44)50-49(54-46)34-11-5-2-6-12-34/h1-30H. The van der Waals surface area contributed by atoms with Gasteiger partial charge in [-0.25, -0.2) is 4.98 Å². The molecule has 8 aromatic carbocycles. The zero-order valence-corrected chi connectivity index (χ0v) is 29.8. The zero-order valence-electron chi connectivity index (χ0n) is 28.9. The predicted molar refractivity (Wildman–Crippen MR) is 225 cm³/mol. The molecule has 0 aliphatic heterocycles. The smallest absolute Gasteiger partial charge is 0.137 e. The fourth-order valence-corrected chi connectivity index (χ4v) is 8.65. The van der Waals surface area contributed by atoms with Crippen molar-refractivity contribution in [1.29, 1.82) is 0 Å². The van der Waals surface area contributed by atoms with Crippen LogP contribution in [0.4, 0.5) is 17.1 Å². The second-order valence-corrected chi connectivity index (χ2v) is 14.6. The summed E-state index contributed by atoms with van der Waals surface area (Å²) in [4.78, 5) is 7.40. The third-order valence-electron chi connectivity index (χ3n) is 10.3. The van der Waals surface area contributed by atoms with Crippen LogP contribution < -0.4 is 4.90 Å². The Morgan fingerprint density at radius 2 is 0.963 bits per heavy atom. The van der Waals surface area contributed by atoms with Gasteiger partial charge in [0.1, 0.15) is 27.3 Å². The number of hydrogen-bond acceptors (Lipinski definition) is 5. The average Bonchev–Trinajstić information content (AvgIpc) is 3.95. The number of nitrogens with zero attached hydrogens (tertiary/aromatic N) is 2. The van der Waals surface area contributed by atoms with E-state index >= 15 is 0 Å². The van der Waals surface area contributed by atoms with E-state index in [0.29, 0.717) is 0 Å². The number of aromatic nitrogens is 1. The number of fused-ring (bicyclic) bond motifs is 8. The van der Waals surface area contributed by atoms with Gasteiger partial charge in [-0.1, -0.05) is 109 Å². The van der Waals surface area contributed by atoms with Crippen LogP contribution in [0.5, 0.6) is 0 Å². The van der Waals surface area contributed by atoms with Gasteiger partial charge in [-0.2, -0.15) is 0 Å². The van der Waals surface area contributed by atoms with E-state index in [4.69, 9.17) is 13.8 Å². The van der Waals surface area contributed by atoms with Crippen molar-refractivity contribution in [2.24, 2.45) is 0 Å². The van der Waals surface area contributed by atoms with Gasteiger partial charge in [0.05, 0.1) is 15.6 Å². The summed E-state index contributed by atoms with van der Waals surface area (Å²) < 4.78 is 13.8. The highest BCUT2D eigenvalue weighted by molar-refractivity contribution is 7.21. The number of benzene rings is 8. The molecule has 0 unspecified atom stereocenters. The fourth-order valence-electron chi connectivity index (χ4n) is 7.67. The molecule has 0 spiro atoms. The summed E-state index contributed by atoms with van der Waals surface area (Å²) in [7, 11) is 0. The van der Waals surface area contributed by atoms with Crippen LogP contribution in [0.3, 0.4) is 0 Å². The summed E-state index contributed by atoms with van der Waals surface area (Å²) in [5.74, 6) is 0. The summed E-state index contributed by atoms with van der Waals surface area (Å²) in [5.41, 5.74) is 13.4. The molecule has 0 bridgehead atoms. The molecule has 3 aromatic heterocycles. The molecule has 0 N–H and O–H groups in total. The first-order chi connectivity index (χ1) is 26.7. The molecule has 254 valence electrons. The minimum absolute atomic E-state index is 0.853. The molecule has 0 radical (unpaired) electrons. The van der Waals surface area contributed by atoms with Crippen molar-refractivity contribution in [3.05, 3.63) is 182 Å². The first-order valence-electron chi connectivity index (χ1n) is 18.0. The molecule has 0 aliphatic rings. The Hall–Kier alpha value is -6.95. The molecule has 4 nitrogen and oxygen atoms in total. The normalized spacial score (nSPS) is 11.7. The first-order valence-corrected chi connectivity index (χ1v) is 18.8. The van der Waals surface area contributed by atoms with Gasteiger partial charge in [0.25, 0.3) is 0 Å². The fraction of sp³-hybridized carbons (Fsp3) is 0. The predicted octanol–water partition coefficient (Wildman–Crippen LogP) is 14.6. The van der Waals surface area contributed by atoms with Crippen molar-refractivity contribution in [3.8, 4) is 32.8 Å². The van der Waals surface area contributed by atoms with Crippen molar-refractivity contribution in [1.82, 2.24) is 4.98 Å². The lowest BCUT2D eigenvalue weighted by Crippen LogP contribution is -2.09. The summed E-state index contributed by atoms with van der Waals surface area (Å²) in [6.45, 7) is 0. The van der Waals surface area contributed by atoms with Gasteiger partial charge >= 0.3 is 0 Å². The molecule has 0 atom stereocenters. The maximum absolute atomic E-state index is 6.46. The molecule has 11 rings (SSSR count). The van der Waals surface area contributed by atoms with Gasteiger partial charge in [0, 0.05) is 38.8 Å². The molecule has 0 fully saturated rings. The quantitative estimate of drug-likeness (QED) is 0.172. The molecule has 0 aliphatic carbocycles. The highest BCUT2D eigenvalue weighted by Crippen LogP contribution is 2.42. The SMILES string of the molecule is c1ccc(-c2ccc(N(c3ccc(-c4ccc5c(c4)oc4ccc6sc(-c7ccccc7)nc6c45)cc3)c3ccc4oc5ccccc5c4c3)cc2)cc1. The Bertz CT molecular complexity index is 3140. The molecule has 0 saturated heterocycles. The molecule has 0 saturated carbocycles. The molecular formula is C49H30N2O2S. The van der Waals surface area contributed by atoms with E-state index in [1.807, 2.05) is 18.2 Å². The van der Waals surface area contributed by atoms with E-state index in [9.17, 15) is 0 Å². The zero-order chi connectivity index (χ0) is 35.6. The highest BCUT2D eigenvalue weighted by atomic mass is 32.1. The lowest BCUT2D eigenvalue weighted by atomic mass is 10.0. The Labute approximate surface area is 314 Å². The van der Waals surface area contributed by atoms with Crippen molar-refractivity contribution in [2.75, 3.05) is 4.90 Å². The van der Waals surface area contributed by atoms with Crippen molar-refractivity contribution in [3.63, 3.8) is 0 Å². The third-order valence-corrected chi connectivity index (χ3v) is 11.4. The molecule has 0 amide bonds. The molecular weight excluding hydrogens is 681 g/mol. The lowest BCUT2D eigenvalue weighted by molar-refractivity contribution is 0.668. The largest absolute Gasteiger partial charge is 0.456 e. The van der Waals surface area contributed by atoms with Crippen LogP contribution in [0.15, 0.2) is 191 Å². The maximum atomic E-state index is 6.46. The van der Waals surface area contributed by atoms with E-state index in [1.165, 1.54) is 11.1 Å². The number of anilines is 3. The Morgan fingerprint density at radius 1 is 0.389 bits per heavy atom. The Morgan fingerprint density at radius 3 is 1.72 bits per heavy atom. The van der Waals surface area contributed by atoms with Gasteiger partial charge in [-0.05, 0) is 95.1 Å². The van der Waals surface area contributed by atoms with Gasteiger partial charge in [0.2, 0.25) is 0 Å². The maximum Gasteiger partial charge on any atom is 0.137 e. The van der Waals surface area contributed by atoms with Crippen LogP contribution in [0.1, 0.15) is 0 Å². The van der Waals surface area contributed by atoms with Gasteiger partial charge in [-0.15, -0.1) is 11.3 Å². The molecule has 5 heteroatoms. The van der Waals surface area contributed by atoms with Gasteiger partial charge in [-0.3, -0.25) is 0 Å². The summed E-state index contributed by atoms with van der Waals surface area (Å²) in [6, 6.07) is 63.8. The number of furan rings is 2. The molecule has 11 aromatic rings. The minimum Gasteiger partial charge on any atom is -0.456 e. The van der Waals surface area contributed by atoms with Crippen LogP contribution in [-0.4, -0.2) is 4.98 Å². The summed E-state index contributed by atoms with van der Waals surface area (Å²) >= 11 is 1.72. The highest BCUT2D eigenvalue weighted by Gasteiger charge is 2.18. The number of para-hydroxylation sites is 1. The van der Waals surface area contributed by atoms with Crippen molar-refractivity contribution in [2.45, 2.75) is 0 Å². The van der Waals surface area contributed by atoms with Crippen LogP contribution >= 0.6 is 11.3 Å². The van der Waals surface area contributed by atoms with Crippen LogP contribution in [0, 0.1) is 0 Å². The van der Waals surface area contributed by atoms with Crippen LogP contribution in [-0.2, 0) is 0 Å². The van der Waals surface area contributed by atoms with E-state index < -0.39 is 0 Å². The van der Waals surface area contributed by atoms with Gasteiger partial charge < -0.3 is 13.7 Å². The van der Waals surface area contributed by atoms with E-state index in [-0.39, 0.29) is 0 Å². The van der Waals surface area contributed by atoms with E-state index in [0.717, 1.165) is 92.9 Å².